The van der Waals surface area contributed by atoms with E-state index in [4.69, 9.17) is 11.6 Å². The summed E-state index contributed by atoms with van der Waals surface area (Å²) in [6.07, 6.45) is 0. The van der Waals surface area contributed by atoms with Crippen molar-refractivity contribution in [2.45, 2.75) is 26.9 Å². The highest BCUT2D eigenvalue weighted by molar-refractivity contribution is 7.16. The Bertz CT molecular complexity index is 869. The zero-order chi connectivity index (χ0) is 17.1. The molecule has 0 saturated heterocycles. The van der Waals surface area contributed by atoms with E-state index in [1.165, 1.54) is 11.3 Å². The van der Waals surface area contributed by atoms with Gasteiger partial charge in [-0.25, -0.2) is 0 Å². The molecule has 2 aromatic heterocycles. The van der Waals surface area contributed by atoms with E-state index in [9.17, 15) is 4.79 Å². The first-order chi connectivity index (χ1) is 11.5. The maximum atomic E-state index is 12.3. The summed E-state index contributed by atoms with van der Waals surface area (Å²) in [4.78, 5) is 13.4. The normalized spacial score (nSPS) is 10.8. The lowest BCUT2D eigenvalue weighted by Gasteiger charge is -2.08. The fraction of sp³-hybridized carbons (Fsp3) is 0.222. The Labute approximate surface area is 150 Å². The summed E-state index contributed by atoms with van der Waals surface area (Å²) in [7, 11) is 0. The van der Waals surface area contributed by atoms with E-state index < -0.39 is 0 Å². The van der Waals surface area contributed by atoms with Gasteiger partial charge in [-0.3, -0.25) is 9.48 Å². The molecule has 0 spiro atoms. The van der Waals surface area contributed by atoms with Gasteiger partial charge in [0.05, 0.1) is 23.1 Å². The third-order valence-corrected chi connectivity index (χ3v) is 4.91. The van der Waals surface area contributed by atoms with Gasteiger partial charge in [0.25, 0.3) is 5.91 Å². The molecule has 3 aromatic rings. The molecule has 0 fully saturated rings. The standard InChI is InChI=1S/C18H18ClN3OS/c1-12-8-13(2)22(21-12)11-14-4-3-5-15(9-14)18(23)20-10-16-6-7-17(19)24-16/h3-9H,10-11H2,1-2H3,(H,20,23). The van der Waals surface area contributed by atoms with Crippen molar-refractivity contribution < 1.29 is 4.79 Å². The van der Waals surface area contributed by atoms with E-state index in [1.54, 1.807) is 0 Å². The van der Waals surface area contributed by atoms with E-state index in [-0.39, 0.29) is 5.91 Å². The summed E-state index contributed by atoms with van der Waals surface area (Å²) in [6.45, 7) is 5.14. The lowest BCUT2D eigenvalue weighted by Crippen LogP contribution is -2.22. The van der Waals surface area contributed by atoms with Crippen LogP contribution in [0.3, 0.4) is 0 Å². The Balaban J connectivity index is 1.67. The molecule has 1 aromatic carbocycles. The molecule has 24 heavy (non-hydrogen) atoms. The van der Waals surface area contributed by atoms with Crippen molar-refractivity contribution in [2.75, 3.05) is 0 Å². The average molecular weight is 360 g/mol. The zero-order valence-corrected chi connectivity index (χ0v) is 15.1. The van der Waals surface area contributed by atoms with Gasteiger partial charge >= 0.3 is 0 Å². The van der Waals surface area contributed by atoms with Gasteiger partial charge in [-0.1, -0.05) is 23.7 Å². The van der Waals surface area contributed by atoms with Crippen LogP contribution in [0.1, 0.15) is 32.2 Å². The van der Waals surface area contributed by atoms with E-state index in [1.807, 2.05) is 61.0 Å². The summed E-state index contributed by atoms with van der Waals surface area (Å²) in [6, 6.07) is 13.4. The largest absolute Gasteiger partial charge is 0.347 e. The molecule has 0 radical (unpaired) electrons. The molecule has 124 valence electrons. The summed E-state index contributed by atoms with van der Waals surface area (Å²) in [5.41, 5.74) is 3.80. The van der Waals surface area contributed by atoms with Gasteiger partial charge in [0, 0.05) is 16.1 Å². The zero-order valence-electron chi connectivity index (χ0n) is 13.5. The van der Waals surface area contributed by atoms with Crippen molar-refractivity contribution in [3.8, 4) is 0 Å². The molecule has 4 nitrogen and oxygen atoms in total. The highest BCUT2D eigenvalue weighted by atomic mass is 35.5. The number of amides is 1. The SMILES string of the molecule is Cc1cc(C)n(Cc2cccc(C(=O)NCc3ccc(Cl)s3)c2)n1. The molecule has 0 atom stereocenters. The second kappa shape index (κ2) is 7.20. The first-order valence-corrected chi connectivity index (χ1v) is 8.83. The Morgan fingerprint density at radius 3 is 2.75 bits per heavy atom. The highest BCUT2D eigenvalue weighted by Gasteiger charge is 2.08. The monoisotopic (exact) mass is 359 g/mol. The van der Waals surface area contributed by atoms with Gasteiger partial charge < -0.3 is 5.32 Å². The van der Waals surface area contributed by atoms with Crippen LogP contribution < -0.4 is 5.32 Å². The Kier molecular flexibility index (Phi) is 5.02. The number of rotatable bonds is 5. The second-order valence-corrected chi connectivity index (χ2v) is 7.47. The smallest absolute Gasteiger partial charge is 0.251 e. The van der Waals surface area contributed by atoms with Gasteiger partial charge in [-0.15, -0.1) is 11.3 Å². The lowest BCUT2D eigenvalue weighted by atomic mass is 10.1. The third kappa shape index (κ3) is 4.04. The summed E-state index contributed by atoms with van der Waals surface area (Å²) in [5, 5.41) is 7.39. The van der Waals surface area contributed by atoms with Crippen LogP contribution in [-0.4, -0.2) is 15.7 Å². The molecular formula is C18H18ClN3OS. The Hall–Kier alpha value is -2.11. The molecule has 1 amide bonds. The van der Waals surface area contributed by atoms with Gasteiger partial charge in [-0.05, 0) is 49.7 Å². The highest BCUT2D eigenvalue weighted by Crippen LogP contribution is 2.21. The maximum absolute atomic E-state index is 12.3. The molecular weight excluding hydrogens is 342 g/mol. The molecule has 0 bridgehead atoms. The number of benzene rings is 1. The molecule has 1 N–H and O–H groups in total. The number of carbonyl (C=O) groups is 1. The van der Waals surface area contributed by atoms with Crippen LogP contribution in [0.5, 0.6) is 0 Å². The number of hydrogen-bond acceptors (Lipinski definition) is 3. The molecule has 0 aliphatic carbocycles. The van der Waals surface area contributed by atoms with Gasteiger partial charge in [0.15, 0.2) is 0 Å². The minimum absolute atomic E-state index is 0.0882. The van der Waals surface area contributed by atoms with Crippen LogP contribution >= 0.6 is 22.9 Å². The summed E-state index contributed by atoms with van der Waals surface area (Å²) in [5.74, 6) is -0.0882. The predicted molar refractivity (Wildman–Crippen MR) is 97.7 cm³/mol. The predicted octanol–water partition coefficient (Wildman–Crippen LogP) is 4.19. The number of aryl methyl sites for hydroxylation is 2. The Morgan fingerprint density at radius 2 is 2.08 bits per heavy atom. The number of aromatic nitrogens is 2. The van der Waals surface area contributed by atoms with E-state index in [0.29, 0.717) is 18.7 Å². The van der Waals surface area contributed by atoms with Gasteiger partial charge in [0.1, 0.15) is 0 Å². The first-order valence-electron chi connectivity index (χ1n) is 7.63. The van der Waals surface area contributed by atoms with Crippen LogP contribution in [0.15, 0.2) is 42.5 Å². The van der Waals surface area contributed by atoms with Crippen LogP contribution in [0.4, 0.5) is 0 Å². The van der Waals surface area contributed by atoms with Gasteiger partial charge in [-0.2, -0.15) is 5.10 Å². The van der Waals surface area contributed by atoms with Gasteiger partial charge in [0.2, 0.25) is 0 Å². The van der Waals surface area contributed by atoms with Crippen molar-refractivity contribution >= 4 is 28.8 Å². The number of hydrogen-bond donors (Lipinski definition) is 1. The van der Waals surface area contributed by atoms with Crippen LogP contribution in [0.25, 0.3) is 0 Å². The van der Waals surface area contributed by atoms with Crippen molar-refractivity contribution in [3.05, 3.63) is 74.2 Å². The Morgan fingerprint density at radius 1 is 1.25 bits per heavy atom. The number of carbonyl (C=O) groups excluding carboxylic acids is 1. The lowest BCUT2D eigenvalue weighted by molar-refractivity contribution is 0.0951. The molecule has 6 heteroatoms. The topological polar surface area (TPSA) is 46.9 Å². The second-order valence-electron chi connectivity index (χ2n) is 5.67. The molecule has 0 aliphatic rings. The fourth-order valence-corrected chi connectivity index (χ4v) is 3.56. The number of nitrogens with zero attached hydrogens (tertiary/aromatic N) is 2. The summed E-state index contributed by atoms with van der Waals surface area (Å²) < 4.78 is 2.67. The quantitative estimate of drug-likeness (QED) is 0.742. The third-order valence-electron chi connectivity index (χ3n) is 3.68. The van der Waals surface area contributed by atoms with Crippen LogP contribution in [-0.2, 0) is 13.1 Å². The number of thiophene rings is 1. The van der Waals surface area contributed by atoms with Crippen LogP contribution in [0.2, 0.25) is 4.34 Å². The molecule has 0 aliphatic heterocycles. The number of nitrogens with one attached hydrogen (secondary N) is 1. The minimum atomic E-state index is -0.0882. The molecule has 0 unspecified atom stereocenters. The molecule has 3 rings (SSSR count). The van der Waals surface area contributed by atoms with E-state index >= 15 is 0 Å². The minimum Gasteiger partial charge on any atom is -0.347 e. The maximum Gasteiger partial charge on any atom is 0.251 e. The van der Waals surface area contributed by atoms with Crippen molar-refractivity contribution in [1.82, 2.24) is 15.1 Å². The van der Waals surface area contributed by atoms with Crippen molar-refractivity contribution in [2.24, 2.45) is 0 Å². The van der Waals surface area contributed by atoms with Crippen molar-refractivity contribution in [1.29, 1.82) is 0 Å². The average Bonchev–Trinajstić information content (AvgIpc) is 3.10. The van der Waals surface area contributed by atoms with E-state index in [2.05, 4.69) is 10.4 Å². The molecule has 0 saturated carbocycles. The first kappa shape index (κ1) is 16.7. The van der Waals surface area contributed by atoms with Crippen molar-refractivity contribution in [3.63, 3.8) is 0 Å². The van der Waals surface area contributed by atoms with E-state index in [0.717, 1.165) is 26.2 Å². The fourth-order valence-electron chi connectivity index (χ4n) is 2.54. The molecule has 2 heterocycles. The van der Waals surface area contributed by atoms with Crippen LogP contribution in [0, 0.1) is 13.8 Å². The summed E-state index contributed by atoms with van der Waals surface area (Å²) >= 11 is 7.38. The number of halogens is 1.